The van der Waals surface area contributed by atoms with Crippen LogP contribution in [0.3, 0.4) is 0 Å². The second-order valence-electron chi connectivity index (χ2n) is 3.05. The van der Waals surface area contributed by atoms with Gasteiger partial charge in [-0.3, -0.25) is 0 Å². The summed E-state index contributed by atoms with van der Waals surface area (Å²) in [6, 6.07) is 2.17. The Labute approximate surface area is 76.2 Å². The third-order valence-electron chi connectivity index (χ3n) is 2.00. The summed E-state index contributed by atoms with van der Waals surface area (Å²) in [6.07, 6.45) is 4.16. The van der Waals surface area contributed by atoms with Gasteiger partial charge in [-0.25, -0.2) is 0 Å². The lowest BCUT2D eigenvalue weighted by Crippen LogP contribution is -2.25. The van der Waals surface area contributed by atoms with Crippen molar-refractivity contribution in [1.82, 2.24) is 4.90 Å². The van der Waals surface area contributed by atoms with Crippen LogP contribution in [0.5, 0.6) is 0 Å². The quantitative estimate of drug-likeness (QED) is 0.546. The first-order valence-electron chi connectivity index (χ1n) is 4.94. The Morgan fingerprint density at radius 2 is 1.92 bits per heavy atom. The van der Waals surface area contributed by atoms with Crippen molar-refractivity contribution < 1.29 is 0 Å². The van der Waals surface area contributed by atoms with Crippen LogP contribution in [0.4, 0.5) is 0 Å². The van der Waals surface area contributed by atoms with Crippen LogP contribution in [0, 0.1) is 11.3 Å². The van der Waals surface area contributed by atoms with Gasteiger partial charge in [-0.15, -0.1) is 0 Å². The lowest BCUT2D eigenvalue weighted by Gasteiger charge is -2.18. The molecule has 0 aromatic carbocycles. The van der Waals surface area contributed by atoms with E-state index in [0.717, 1.165) is 19.5 Å². The van der Waals surface area contributed by atoms with Gasteiger partial charge in [0.15, 0.2) is 0 Å². The molecule has 0 N–H and O–H groups in total. The maximum atomic E-state index is 8.33. The monoisotopic (exact) mass is 168 g/mol. The minimum Gasteiger partial charge on any atom is -0.304 e. The average molecular weight is 168 g/mol. The highest BCUT2D eigenvalue weighted by Gasteiger charge is 1.98. The van der Waals surface area contributed by atoms with Gasteiger partial charge >= 0.3 is 0 Å². The van der Waals surface area contributed by atoms with Crippen LogP contribution in [0.25, 0.3) is 0 Å². The summed E-state index contributed by atoms with van der Waals surface area (Å²) < 4.78 is 0. The fourth-order valence-electron chi connectivity index (χ4n) is 1.28. The van der Waals surface area contributed by atoms with Crippen molar-refractivity contribution in [2.24, 2.45) is 0 Å². The molecule has 0 saturated heterocycles. The average Bonchev–Trinajstić information content (AvgIpc) is 2.10. The zero-order valence-corrected chi connectivity index (χ0v) is 8.34. The Hall–Kier alpha value is -0.550. The fraction of sp³-hybridized carbons (Fsp3) is 0.900. The third kappa shape index (κ3) is 6.18. The Bertz CT molecular complexity index is 126. The van der Waals surface area contributed by atoms with Crippen LogP contribution < -0.4 is 0 Å². The molecule has 0 unspecified atom stereocenters. The molecule has 0 aliphatic rings. The summed E-state index contributed by atoms with van der Waals surface area (Å²) in [4.78, 5) is 2.44. The molecule has 0 saturated carbocycles. The Morgan fingerprint density at radius 1 is 1.17 bits per heavy atom. The van der Waals surface area contributed by atoms with Crippen molar-refractivity contribution in [2.45, 2.75) is 39.5 Å². The molecule has 0 aromatic heterocycles. The predicted octanol–water partition coefficient (Wildman–Crippen LogP) is 2.41. The fourth-order valence-corrected chi connectivity index (χ4v) is 1.28. The molecule has 70 valence electrons. The molecular weight excluding hydrogens is 148 g/mol. The number of nitrogens with zero attached hydrogens (tertiary/aromatic N) is 2. The first-order chi connectivity index (χ1) is 5.85. The SMILES string of the molecule is CCCN(CC)CCCCC#N. The van der Waals surface area contributed by atoms with Crippen molar-refractivity contribution in [3.63, 3.8) is 0 Å². The highest BCUT2D eigenvalue weighted by molar-refractivity contribution is 4.68. The van der Waals surface area contributed by atoms with Gasteiger partial charge in [0.2, 0.25) is 0 Å². The van der Waals surface area contributed by atoms with E-state index in [9.17, 15) is 0 Å². The maximum absolute atomic E-state index is 8.33. The van der Waals surface area contributed by atoms with E-state index in [2.05, 4.69) is 24.8 Å². The normalized spacial score (nSPS) is 10.2. The van der Waals surface area contributed by atoms with Gasteiger partial charge in [0.25, 0.3) is 0 Å². The minimum absolute atomic E-state index is 0.712. The molecule has 0 amide bonds. The van der Waals surface area contributed by atoms with Crippen LogP contribution in [0.1, 0.15) is 39.5 Å². The van der Waals surface area contributed by atoms with Gasteiger partial charge < -0.3 is 4.90 Å². The molecule has 0 spiro atoms. The van der Waals surface area contributed by atoms with Gasteiger partial charge in [0, 0.05) is 6.42 Å². The van der Waals surface area contributed by atoms with E-state index >= 15 is 0 Å². The topological polar surface area (TPSA) is 27.0 Å². The van der Waals surface area contributed by atoms with E-state index in [1.165, 1.54) is 19.4 Å². The Morgan fingerprint density at radius 3 is 2.42 bits per heavy atom. The molecule has 0 bridgehead atoms. The molecule has 0 aliphatic heterocycles. The van der Waals surface area contributed by atoms with Crippen molar-refractivity contribution in [3.05, 3.63) is 0 Å². The number of nitriles is 1. The molecule has 12 heavy (non-hydrogen) atoms. The number of rotatable bonds is 7. The number of hydrogen-bond acceptors (Lipinski definition) is 2. The molecule has 0 fully saturated rings. The van der Waals surface area contributed by atoms with E-state index in [0.29, 0.717) is 6.42 Å². The summed E-state index contributed by atoms with van der Waals surface area (Å²) in [5.41, 5.74) is 0. The van der Waals surface area contributed by atoms with Gasteiger partial charge in [-0.05, 0) is 38.9 Å². The lowest BCUT2D eigenvalue weighted by molar-refractivity contribution is 0.283. The summed E-state index contributed by atoms with van der Waals surface area (Å²) in [5.74, 6) is 0. The van der Waals surface area contributed by atoms with E-state index in [4.69, 9.17) is 5.26 Å². The van der Waals surface area contributed by atoms with E-state index in [1.807, 2.05) is 0 Å². The zero-order chi connectivity index (χ0) is 9.23. The van der Waals surface area contributed by atoms with Crippen molar-refractivity contribution in [2.75, 3.05) is 19.6 Å². The van der Waals surface area contributed by atoms with E-state index in [1.54, 1.807) is 0 Å². The second kappa shape index (κ2) is 8.55. The van der Waals surface area contributed by atoms with Crippen LogP contribution in [-0.2, 0) is 0 Å². The summed E-state index contributed by atoms with van der Waals surface area (Å²) in [6.45, 7) is 7.90. The molecule has 0 rings (SSSR count). The Balaban J connectivity index is 3.26. The molecule has 0 heterocycles. The molecule has 0 aromatic rings. The molecule has 2 heteroatoms. The van der Waals surface area contributed by atoms with Crippen molar-refractivity contribution in [3.8, 4) is 6.07 Å². The molecule has 2 nitrogen and oxygen atoms in total. The standard InChI is InChI=1S/C10H20N2/c1-3-9-12(4-2)10-7-5-6-8-11/h3-7,9-10H2,1-2H3. The van der Waals surface area contributed by atoms with Gasteiger partial charge in [-0.2, -0.15) is 5.26 Å². The summed E-state index contributed by atoms with van der Waals surface area (Å²) in [7, 11) is 0. The minimum atomic E-state index is 0.712. The first-order valence-corrected chi connectivity index (χ1v) is 4.94. The van der Waals surface area contributed by atoms with E-state index < -0.39 is 0 Å². The third-order valence-corrected chi connectivity index (χ3v) is 2.00. The molecular formula is C10H20N2. The Kier molecular flexibility index (Phi) is 8.15. The highest BCUT2D eigenvalue weighted by atomic mass is 15.1. The molecule has 0 radical (unpaired) electrons. The van der Waals surface area contributed by atoms with Crippen molar-refractivity contribution in [1.29, 1.82) is 5.26 Å². The summed E-state index contributed by atoms with van der Waals surface area (Å²) >= 11 is 0. The van der Waals surface area contributed by atoms with Crippen LogP contribution >= 0.6 is 0 Å². The van der Waals surface area contributed by atoms with Gasteiger partial charge in [0.05, 0.1) is 6.07 Å². The van der Waals surface area contributed by atoms with Crippen LogP contribution in [0.2, 0.25) is 0 Å². The van der Waals surface area contributed by atoms with Crippen LogP contribution in [-0.4, -0.2) is 24.5 Å². The van der Waals surface area contributed by atoms with Crippen LogP contribution in [0.15, 0.2) is 0 Å². The van der Waals surface area contributed by atoms with Gasteiger partial charge in [0.1, 0.15) is 0 Å². The predicted molar refractivity (Wildman–Crippen MR) is 51.9 cm³/mol. The second-order valence-corrected chi connectivity index (χ2v) is 3.05. The largest absolute Gasteiger partial charge is 0.304 e. The highest BCUT2D eigenvalue weighted by Crippen LogP contribution is 1.98. The smallest absolute Gasteiger partial charge is 0.0621 e. The maximum Gasteiger partial charge on any atom is 0.0621 e. The number of hydrogen-bond donors (Lipinski definition) is 0. The van der Waals surface area contributed by atoms with Gasteiger partial charge in [-0.1, -0.05) is 13.8 Å². The molecule has 0 atom stereocenters. The molecule has 0 aliphatic carbocycles. The number of unbranched alkanes of at least 4 members (excludes halogenated alkanes) is 2. The summed E-state index contributed by atoms with van der Waals surface area (Å²) in [5, 5.41) is 8.33. The lowest BCUT2D eigenvalue weighted by atomic mass is 10.2. The van der Waals surface area contributed by atoms with E-state index in [-0.39, 0.29) is 0 Å². The first kappa shape index (κ1) is 11.4. The zero-order valence-electron chi connectivity index (χ0n) is 8.34. The van der Waals surface area contributed by atoms with Crippen molar-refractivity contribution >= 4 is 0 Å².